The predicted octanol–water partition coefficient (Wildman–Crippen LogP) is 4.42. The maximum Gasteiger partial charge on any atom is 0.316 e. The maximum absolute atomic E-state index is 12.3. The molecule has 0 saturated carbocycles. The van der Waals surface area contributed by atoms with Gasteiger partial charge in [0.05, 0.1) is 16.7 Å². The van der Waals surface area contributed by atoms with Crippen molar-refractivity contribution in [1.82, 2.24) is 20.1 Å². The van der Waals surface area contributed by atoms with Gasteiger partial charge in [-0.25, -0.2) is 0 Å². The number of nitrogens with zero attached hydrogens (tertiary/aromatic N) is 3. The van der Waals surface area contributed by atoms with Crippen LogP contribution in [0, 0.1) is 0 Å². The second kappa shape index (κ2) is 11.0. The van der Waals surface area contributed by atoms with E-state index in [1.165, 1.54) is 35.7 Å². The fourth-order valence-electron chi connectivity index (χ4n) is 3.97. The molecule has 0 saturated heterocycles. The number of fused-ring (bicyclic) bond motifs is 1. The summed E-state index contributed by atoms with van der Waals surface area (Å²) in [6.07, 6.45) is 4.69. The zero-order valence-corrected chi connectivity index (χ0v) is 20.5. The average Bonchev–Trinajstić information content (AvgIpc) is 3.50. The van der Waals surface area contributed by atoms with Crippen LogP contribution in [0.25, 0.3) is 10.7 Å². The number of amides is 1. The second-order valence-electron chi connectivity index (χ2n) is 8.00. The number of carbonyl (C=O) groups excluding carboxylic acids is 2. The quantitative estimate of drug-likeness (QED) is 0.357. The summed E-state index contributed by atoms with van der Waals surface area (Å²) in [5.41, 5.74) is 3.87. The summed E-state index contributed by atoms with van der Waals surface area (Å²) >= 11 is 2.86. The molecule has 0 radical (unpaired) electrons. The average molecular weight is 485 g/mol. The van der Waals surface area contributed by atoms with E-state index in [0.717, 1.165) is 29.1 Å². The van der Waals surface area contributed by atoms with E-state index in [-0.39, 0.29) is 24.3 Å². The largest absolute Gasteiger partial charge is 0.455 e. The fraction of sp³-hybridized carbons (Fsp3) is 0.417. The van der Waals surface area contributed by atoms with E-state index < -0.39 is 5.97 Å². The molecule has 1 aliphatic carbocycles. The highest BCUT2D eigenvalue weighted by molar-refractivity contribution is 7.99. The summed E-state index contributed by atoms with van der Waals surface area (Å²) in [5.74, 6) is 0.0880. The molecule has 2 heterocycles. The number of thioether (sulfide) groups is 1. The molecule has 0 spiro atoms. The van der Waals surface area contributed by atoms with Gasteiger partial charge < -0.3 is 14.6 Å². The Kier molecular flexibility index (Phi) is 7.82. The van der Waals surface area contributed by atoms with Crippen LogP contribution in [0.15, 0.2) is 40.9 Å². The van der Waals surface area contributed by atoms with Gasteiger partial charge in [0.2, 0.25) is 0 Å². The van der Waals surface area contributed by atoms with Gasteiger partial charge in [0.1, 0.15) is 0 Å². The number of aryl methyl sites for hydroxylation is 2. The number of rotatable bonds is 9. The number of hydrogen-bond acceptors (Lipinski definition) is 7. The van der Waals surface area contributed by atoms with Gasteiger partial charge >= 0.3 is 5.97 Å². The highest BCUT2D eigenvalue weighted by atomic mass is 32.2. The molecule has 4 rings (SSSR count). The Hall–Kier alpha value is -2.65. The van der Waals surface area contributed by atoms with Crippen LogP contribution in [0.4, 0.5) is 0 Å². The molecule has 1 N–H and O–H groups in total. The molecule has 0 fully saturated rings. The van der Waals surface area contributed by atoms with E-state index in [1.54, 1.807) is 11.3 Å². The lowest BCUT2D eigenvalue weighted by Gasteiger charge is -2.20. The van der Waals surface area contributed by atoms with Gasteiger partial charge in [-0.2, -0.15) is 0 Å². The van der Waals surface area contributed by atoms with Gasteiger partial charge in [0.15, 0.2) is 17.6 Å². The lowest BCUT2D eigenvalue weighted by atomic mass is 9.89. The normalized spacial score (nSPS) is 13.9. The van der Waals surface area contributed by atoms with Crippen molar-refractivity contribution in [2.24, 2.45) is 0 Å². The Balaban J connectivity index is 1.24. The molecule has 33 heavy (non-hydrogen) atoms. The fourth-order valence-corrected chi connectivity index (χ4v) is 5.49. The van der Waals surface area contributed by atoms with Gasteiger partial charge in [0, 0.05) is 6.54 Å². The minimum absolute atomic E-state index is 0.0657. The van der Waals surface area contributed by atoms with Crippen molar-refractivity contribution < 1.29 is 14.3 Å². The summed E-state index contributed by atoms with van der Waals surface area (Å²) in [6, 6.07) is 10.3. The zero-order valence-electron chi connectivity index (χ0n) is 18.9. The monoisotopic (exact) mass is 484 g/mol. The first-order chi connectivity index (χ1) is 16.0. The number of ether oxygens (including phenoxy) is 1. The van der Waals surface area contributed by atoms with Crippen molar-refractivity contribution in [3.63, 3.8) is 0 Å². The van der Waals surface area contributed by atoms with E-state index in [0.29, 0.717) is 11.7 Å². The van der Waals surface area contributed by atoms with Crippen LogP contribution < -0.4 is 5.32 Å². The summed E-state index contributed by atoms with van der Waals surface area (Å²) in [4.78, 5) is 25.5. The summed E-state index contributed by atoms with van der Waals surface area (Å²) < 4.78 is 7.15. The summed E-state index contributed by atoms with van der Waals surface area (Å²) in [6.45, 7) is 4.36. The van der Waals surface area contributed by atoms with Crippen molar-refractivity contribution in [3.8, 4) is 10.7 Å². The lowest BCUT2D eigenvalue weighted by molar-refractivity contribution is -0.146. The molecule has 9 heteroatoms. The topological polar surface area (TPSA) is 86.1 Å². The van der Waals surface area contributed by atoms with Crippen LogP contribution >= 0.6 is 23.1 Å². The van der Waals surface area contributed by atoms with E-state index in [1.807, 2.05) is 35.9 Å². The minimum Gasteiger partial charge on any atom is -0.455 e. The molecular weight excluding hydrogens is 456 g/mol. The smallest absolute Gasteiger partial charge is 0.316 e. The molecule has 174 valence electrons. The van der Waals surface area contributed by atoms with Gasteiger partial charge in [-0.3, -0.25) is 9.59 Å². The first kappa shape index (κ1) is 23.5. The molecule has 1 aromatic carbocycles. The third kappa shape index (κ3) is 5.83. The van der Waals surface area contributed by atoms with Gasteiger partial charge in [-0.1, -0.05) is 36.0 Å². The zero-order chi connectivity index (χ0) is 23.2. The Bertz CT molecular complexity index is 1110. The van der Waals surface area contributed by atoms with Crippen LogP contribution in [0.1, 0.15) is 49.4 Å². The SMILES string of the molecule is CCn1c(SCC(=O)OCC(=O)NC(C)c2ccc3c(c2)CCCC3)nnc1-c1cccs1. The van der Waals surface area contributed by atoms with Crippen molar-refractivity contribution in [2.45, 2.75) is 57.3 Å². The van der Waals surface area contributed by atoms with Crippen LogP contribution in [-0.4, -0.2) is 39.0 Å². The summed E-state index contributed by atoms with van der Waals surface area (Å²) in [5, 5.41) is 14.0. The number of carbonyl (C=O) groups is 2. The van der Waals surface area contributed by atoms with Crippen molar-refractivity contribution in [1.29, 1.82) is 0 Å². The van der Waals surface area contributed by atoms with Crippen molar-refractivity contribution in [2.75, 3.05) is 12.4 Å². The van der Waals surface area contributed by atoms with E-state index >= 15 is 0 Å². The van der Waals surface area contributed by atoms with Gasteiger partial charge in [-0.15, -0.1) is 21.5 Å². The molecule has 7 nitrogen and oxygen atoms in total. The van der Waals surface area contributed by atoms with Crippen LogP contribution in [0.5, 0.6) is 0 Å². The number of aromatic nitrogens is 3. The Labute approximate surface area is 201 Å². The number of esters is 1. The summed E-state index contributed by atoms with van der Waals surface area (Å²) in [7, 11) is 0. The Morgan fingerprint density at radius 1 is 1.21 bits per heavy atom. The highest BCUT2D eigenvalue weighted by Crippen LogP contribution is 2.27. The van der Waals surface area contributed by atoms with E-state index in [4.69, 9.17) is 4.74 Å². The maximum atomic E-state index is 12.3. The van der Waals surface area contributed by atoms with Crippen molar-refractivity contribution in [3.05, 3.63) is 52.4 Å². The third-order valence-electron chi connectivity index (χ3n) is 5.71. The van der Waals surface area contributed by atoms with E-state index in [9.17, 15) is 9.59 Å². The molecule has 1 amide bonds. The lowest BCUT2D eigenvalue weighted by Crippen LogP contribution is -2.31. The van der Waals surface area contributed by atoms with Crippen LogP contribution in [0.2, 0.25) is 0 Å². The molecular formula is C24H28N4O3S2. The molecule has 0 bridgehead atoms. The molecule has 3 aromatic rings. The number of benzene rings is 1. The van der Waals surface area contributed by atoms with Crippen molar-refractivity contribution >= 4 is 35.0 Å². The van der Waals surface area contributed by atoms with Crippen LogP contribution in [0.3, 0.4) is 0 Å². The standard InChI is InChI=1S/C24H28N4O3S2/c1-3-28-23(20-9-6-12-32-20)26-27-24(28)33-15-22(30)31-14-21(29)25-16(2)18-11-10-17-7-4-5-8-19(17)13-18/h6,9-13,16H,3-5,7-8,14-15H2,1-2H3,(H,25,29). The minimum atomic E-state index is -0.458. The Morgan fingerprint density at radius 2 is 2.03 bits per heavy atom. The van der Waals surface area contributed by atoms with E-state index in [2.05, 4.69) is 33.7 Å². The predicted molar refractivity (Wildman–Crippen MR) is 130 cm³/mol. The second-order valence-corrected chi connectivity index (χ2v) is 9.89. The number of nitrogens with one attached hydrogen (secondary N) is 1. The molecule has 1 unspecified atom stereocenters. The molecule has 0 aliphatic heterocycles. The van der Waals surface area contributed by atoms with Gasteiger partial charge in [0.25, 0.3) is 5.91 Å². The first-order valence-electron chi connectivity index (χ1n) is 11.2. The number of hydrogen-bond donors (Lipinski definition) is 1. The number of thiophene rings is 1. The molecule has 1 aliphatic rings. The highest BCUT2D eigenvalue weighted by Gasteiger charge is 2.17. The molecule has 2 aromatic heterocycles. The molecule has 1 atom stereocenters. The Morgan fingerprint density at radius 3 is 2.79 bits per heavy atom. The first-order valence-corrected chi connectivity index (χ1v) is 13.1. The van der Waals surface area contributed by atoms with Crippen LogP contribution in [-0.2, 0) is 33.7 Å². The third-order valence-corrected chi connectivity index (χ3v) is 7.51. The van der Waals surface area contributed by atoms with Gasteiger partial charge in [-0.05, 0) is 67.7 Å².